The maximum atomic E-state index is 13.6. The van der Waals surface area contributed by atoms with E-state index in [9.17, 15) is 9.18 Å². The van der Waals surface area contributed by atoms with Crippen molar-refractivity contribution in [3.63, 3.8) is 0 Å². The topological polar surface area (TPSA) is 62.6 Å². The van der Waals surface area contributed by atoms with Gasteiger partial charge in [-0.2, -0.15) is 5.26 Å². The number of hydrogen-bond donors (Lipinski definition) is 1. The summed E-state index contributed by atoms with van der Waals surface area (Å²) in [6.07, 6.45) is 4.24. The summed E-state index contributed by atoms with van der Waals surface area (Å²) in [5.41, 5.74) is 2.31. The molecular weight excluding hydrogens is 417 g/mol. The third-order valence-electron chi connectivity index (χ3n) is 6.65. The zero-order chi connectivity index (χ0) is 23.0. The number of likely N-dealkylation sites (tertiary alicyclic amines) is 2. The molecule has 0 atom stereocenters. The predicted molar refractivity (Wildman–Crippen MR) is 127 cm³/mol. The molecule has 2 aliphatic heterocycles. The molecule has 2 saturated heterocycles. The number of amides is 2. The zero-order valence-electron chi connectivity index (χ0n) is 19.0. The van der Waals surface area contributed by atoms with Crippen LogP contribution in [0.3, 0.4) is 0 Å². The first-order chi connectivity index (χ1) is 16.1. The lowest BCUT2D eigenvalue weighted by Gasteiger charge is -2.39. The molecule has 2 aromatic carbocycles. The van der Waals surface area contributed by atoms with Crippen molar-refractivity contribution in [2.24, 2.45) is 0 Å². The van der Waals surface area contributed by atoms with Crippen LogP contribution in [0.1, 0.15) is 36.8 Å². The van der Waals surface area contributed by atoms with E-state index in [0.29, 0.717) is 17.8 Å². The molecule has 0 saturated carbocycles. The molecule has 2 fully saturated rings. The van der Waals surface area contributed by atoms with Crippen molar-refractivity contribution in [1.29, 1.82) is 5.26 Å². The van der Waals surface area contributed by atoms with Crippen LogP contribution in [0.2, 0.25) is 0 Å². The molecule has 0 bridgehead atoms. The molecule has 6 nitrogen and oxygen atoms in total. The molecule has 1 N–H and O–H groups in total. The minimum Gasteiger partial charge on any atom is -0.320 e. The average molecular weight is 450 g/mol. The summed E-state index contributed by atoms with van der Waals surface area (Å²) >= 11 is 0. The van der Waals surface area contributed by atoms with Crippen LogP contribution in [0.5, 0.6) is 0 Å². The number of nitriles is 1. The first-order valence-corrected chi connectivity index (χ1v) is 11.9. The SMILES string of the molecule is N#Cc1cccc(CN2CCC(N(CCN3CCCC3)C(=O)Nc3cccc(F)c3)CC2)c1. The number of halogens is 1. The third-order valence-corrected chi connectivity index (χ3v) is 6.65. The van der Waals surface area contributed by atoms with Gasteiger partial charge in [0, 0.05) is 44.5 Å². The quantitative estimate of drug-likeness (QED) is 0.685. The molecule has 0 aliphatic carbocycles. The fourth-order valence-electron chi connectivity index (χ4n) is 4.85. The van der Waals surface area contributed by atoms with Crippen molar-refractivity contribution in [2.45, 2.75) is 38.3 Å². The van der Waals surface area contributed by atoms with Gasteiger partial charge in [0.05, 0.1) is 11.6 Å². The van der Waals surface area contributed by atoms with Crippen LogP contribution in [0.15, 0.2) is 48.5 Å². The first-order valence-electron chi connectivity index (χ1n) is 11.9. The summed E-state index contributed by atoms with van der Waals surface area (Å²) in [6, 6.07) is 16.0. The van der Waals surface area contributed by atoms with Crippen LogP contribution in [0.25, 0.3) is 0 Å². The Labute approximate surface area is 195 Å². The summed E-state index contributed by atoms with van der Waals surface area (Å²) < 4.78 is 13.6. The van der Waals surface area contributed by atoms with Crippen molar-refractivity contribution in [3.05, 3.63) is 65.5 Å². The Balaban J connectivity index is 1.37. The van der Waals surface area contributed by atoms with E-state index in [1.165, 1.54) is 25.0 Å². The van der Waals surface area contributed by atoms with Crippen LogP contribution in [0.4, 0.5) is 14.9 Å². The van der Waals surface area contributed by atoms with Crippen molar-refractivity contribution in [2.75, 3.05) is 44.6 Å². The molecule has 0 unspecified atom stereocenters. The molecular formula is C26H32FN5O. The number of urea groups is 1. The van der Waals surface area contributed by atoms with Gasteiger partial charge >= 0.3 is 6.03 Å². The van der Waals surface area contributed by atoms with E-state index in [0.717, 1.165) is 57.7 Å². The van der Waals surface area contributed by atoms with E-state index in [4.69, 9.17) is 5.26 Å². The van der Waals surface area contributed by atoms with Crippen LogP contribution < -0.4 is 5.32 Å². The summed E-state index contributed by atoms with van der Waals surface area (Å²) in [5, 5.41) is 12.0. The van der Waals surface area contributed by atoms with Gasteiger partial charge < -0.3 is 15.1 Å². The highest BCUT2D eigenvalue weighted by Gasteiger charge is 2.29. The lowest BCUT2D eigenvalue weighted by molar-refractivity contribution is 0.117. The number of anilines is 1. The Morgan fingerprint density at radius 3 is 2.55 bits per heavy atom. The molecule has 174 valence electrons. The predicted octanol–water partition coefficient (Wildman–Crippen LogP) is 4.29. The molecule has 2 amide bonds. The maximum absolute atomic E-state index is 13.6. The number of nitrogens with one attached hydrogen (secondary N) is 1. The Morgan fingerprint density at radius 2 is 1.82 bits per heavy atom. The molecule has 0 spiro atoms. The van der Waals surface area contributed by atoms with E-state index >= 15 is 0 Å². The molecule has 2 aliphatic rings. The van der Waals surface area contributed by atoms with Crippen LogP contribution >= 0.6 is 0 Å². The highest BCUT2D eigenvalue weighted by Crippen LogP contribution is 2.21. The number of hydrogen-bond acceptors (Lipinski definition) is 4. The minimum atomic E-state index is -0.356. The van der Waals surface area contributed by atoms with E-state index in [2.05, 4.69) is 27.3 Å². The highest BCUT2D eigenvalue weighted by molar-refractivity contribution is 5.89. The van der Waals surface area contributed by atoms with Crippen molar-refractivity contribution < 1.29 is 9.18 Å². The summed E-state index contributed by atoms with van der Waals surface area (Å²) in [4.78, 5) is 20.0. The highest BCUT2D eigenvalue weighted by atomic mass is 19.1. The van der Waals surface area contributed by atoms with E-state index in [-0.39, 0.29) is 17.9 Å². The molecule has 4 rings (SSSR count). The Kier molecular flexibility index (Phi) is 7.92. The largest absolute Gasteiger partial charge is 0.322 e. The maximum Gasteiger partial charge on any atom is 0.322 e. The molecule has 7 heteroatoms. The van der Waals surface area contributed by atoms with E-state index in [1.807, 2.05) is 23.1 Å². The number of nitrogens with zero attached hydrogens (tertiary/aromatic N) is 4. The summed E-state index contributed by atoms with van der Waals surface area (Å²) in [5.74, 6) is -0.356. The van der Waals surface area contributed by atoms with Gasteiger partial charge in [0.2, 0.25) is 0 Å². The van der Waals surface area contributed by atoms with Crippen LogP contribution in [-0.2, 0) is 6.54 Å². The first kappa shape index (κ1) is 23.2. The molecule has 0 radical (unpaired) electrons. The molecule has 2 aromatic rings. The second-order valence-electron chi connectivity index (χ2n) is 9.00. The standard InChI is InChI=1S/C26H32FN5O/c27-23-7-4-8-24(18-23)29-26(33)32(16-15-30-11-1-2-12-30)25-9-13-31(14-10-25)20-22-6-3-5-21(17-22)19-28/h3-8,17-18,25H,1-2,9-16,20H2,(H,29,33). The third kappa shape index (κ3) is 6.53. The van der Waals surface area contributed by atoms with Gasteiger partial charge in [-0.3, -0.25) is 4.90 Å². The fraction of sp³-hybridized carbons (Fsp3) is 0.462. The second kappa shape index (κ2) is 11.3. The molecule has 33 heavy (non-hydrogen) atoms. The monoisotopic (exact) mass is 449 g/mol. The number of carbonyl (C=O) groups is 1. The number of piperidine rings is 1. The van der Waals surface area contributed by atoms with E-state index in [1.54, 1.807) is 12.1 Å². The van der Waals surface area contributed by atoms with Gasteiger partial charge in [0.1, 0.15) is 5.82 Å². The fourth-order valence-corrected chi connectivity index (χ4v) is 4.85. The molecule has 2 heterocycles. The van der Waals surface area contributed by atoms with Crippen molar-refractivity contribution >= 4 is 11.7 Å². The average Bonchev–Trinajstić information content (AvgIpc) is 3.34. The Bertz CT molecular complexity index is 977. The Morgan fingerprint density at radius 1 is 1.06 bits per heavy atom. The van der Waals surface area contributed by atoms with Crippen LogP contribution in [-0.4, -0.2) is 66.0 Å². The number of benzene rings is 2. The van der Waals surface area contributed by atoms with Gasteiger partial charge in [-0.25, -0.2) is 9.18 Å². The lowest BCUT2D eigenvalue weighted by atomic mass is 10.0. The number of rotatable bonds is 7. The van der Waals surface area contributed by atoms with E-state index < -0.39 is 0 Å². The van der Waals surface area contributed by atoms with Gasteiger partial charge in [-0.05, 0) is 74.7 Å². The lowest BCUT2D eigenvalue weighted by Crippen LogP contribution is -2.50. The second-order valence-corrected chi connectivity index (χ2v) is 9.00. The number of carbonyl (C=O) groups excluding carboxylic acids is 1. The normalized spacial score (nSPS) is 17.6. The van der Waals surface area contributed by atoms with Crippen molar-refractivity contribution in [3.8, 4) is 6.07 Å². The minimum absolute atomic E-state index is 0.153. The zero-order valence-corrected chi connectivity index (χ0v) is 19.0. The van der Waals surface area contributed by atoms with Crippen LogP contribution in [0, 0.1) is 17.1 Å². The van der Waals surface area contributed by atoms with Gasteiger partial charge in [-0.1, -0.05) is 18.2 Å². The van der Waals surface area contributed by atoms with Gasteiger partial charge in [-0.15, -0.1) is 0 Å². The van der Waals surface area contributed by atoms with Gasteiger partial charge in [0.25, 0.3) is 0 Å². The van der Waals surface area contributed by atoms with Gasteiger partial charge in [0.15, 0.2) is 0 Å². The van der Waals surface area contributed by atoms with Crippen molar-refractivity contribution in [1.82, 2.24) is 14.7 Å². The summed E-state index contributed by atoms with van der Waals surface area (Å²) in [6.45, 7) is 6.35. The summed E-state index contributed by atoms with van der Waals surface area (Å²) in [7, 11) is 0. The Hall–Kier alpha value is -2.95. The smallest absolute Gasteiger partial charge is 0.320 e. The molecule has 0 aromatic heterocycles.